The van der Waals surface area contributed by atoms with Gasteiger partial charge in [-0.15, -0.1) is 12.4 Å². The van der Waals surface area contributed by atoms with Gasteiger partial charge in [-0.3, -0.25) is 0 Å². The van der Waals surface area contributed by atoms with Crippen LogP contribution in [-0.2, 0) is 9.84 Å². The minimum atomic E-state index is -2.68. The molecular weight excluding hydrogens is 174 g/mol. The molecule has 0 saturated carbocycles. The van der Waals surface area contributed by atoms with Crippen LogP contribution in [-0.4, -0.2) is 26.5 Å². The molecule has 0 amide bonds. The molecule has 1 aliphatic rings. The Kier molecular flexibility index (Phi) is 2.73. The Morgan fingerprint density at radius 1 is 1.50 bits per heavy atom. The summed E-state index contributed by atoms with van der Waals surface area (Å²) in [6.07, 6.45) is 0. The quantitative estimate of drug-likeness (QED) is 0.616. The Labute approximate surface area is 67.3 Å². The van der Waals surface area contributed by atoms with Crippen molar-refractivity contribution in [2.75, 3.05) is 18.1 Å². The Morgan fingerprint density at radius 3 is 2.00 bits per heavy atom. The summed E-state index contributed by atoms with van der Waals surface area (Å²) in [4.78, 5) is 0. The maximum atomic E-state index is 10.6. The molecule has 0 aromatic carbocycles. The molecule has 1 rings (SSSR count). The van der Waals surface area contributed by atoms with E-state index in [-0.39, 0.29) is 29.3 Å². The molecule has 1 fully saturated rings. The predicted octanol–water partition coefficient (Wildman–Crippen LogP) is -0.198. The lowest BCUT2D eigenvalue weighted by molar-refractivity contribution is 0.382. The summed E-state index contributed by atoms with van der Waals surface area (Å²) in [6.45, 7) is 2.38. The fourth-order valence-corrected chi connectivity index (χ4v) is 3.41. The van der Waals surface area contributed by atoms with Crippen molar-refractivity contribution in [3.63, 3.8) is 0 Å². The van der Waals surface area contributed by atoms with Gasteiger partial charge in [0.15, 0.2) is 9.84 Å². The van der Waals surface area contributed by atoms with Crippen molar-refractivity contribution in [1.29, 1.82) is 0 Å². The van der Waals surface area contributed by atoms with Crippen molar-refractivity contribution in [3.05, 3.63) is 0 Å². The third-order valence-corrected chi connectivity index (χ3v) is 3.90. The molecule has 0 spiro atoms. The molecule has 0 aromatic heterocycles. The van der Waals surface area contributed by atoms with E-state index in [1.807, 2.05) is 6.92 Å². The molecule has 0 atom stereocenters. The first kappa shape index (κ1) is 10.2. The molecule has 2 N–H and O–H groups in total. The van der Waals surface area contributed by atoms with E-state index in [1.165, 1.54) is 0 Å². The number of hydrogen-bond acceptors (Lipinski definition) is 3. The van der Waals surface area contributed by atoms with Crippen LogP contribution in [0.25, 0.3) is 0 Å². The lowest BCUT2D eigenvalue weighted by Gasteiger charge is -2.36. The number of rotatable bonds is 1. The molecule has 62 valence electrons. The highest BCUT2D eigenvalue weighted by Crippen LogP contribution is 2.30. The first-order valence-corrected chi connectivity index (χ1v) is 4.70. The molecule has 0 radical (unpaired) electrons. The van der Waals surface area contributed by atoms with Crippen molar-refractivity contribution < 1.29 is 8.42 Å². The maximum absolute atomic E-state index is 10.6. The molecule has 0 bridgehead atoms. The Bertz CT molecular complexity index is 200. The highest BCUT2D eigenvalue weighted by molar-refractivity contribution is 7.92. The van der Waals surface area contributed by atoms with E-state index >= 15 is 0 Å². The molecule has 0 aromatic rings. The van der Waals surface area contributed by atoms with Gasteiger partial charge in [0.05, 0.1) is 11.5 Å². The fraction of sp³-hybridized carbons (Fsp3) is 1.00. The van der Waals surface area contributed by atoms with E-state index in [1.54, 1.807) is 0 Å². The zero-order valence-corrected chi connectivity index (χ0v) is 7.46. The summed E-state index contributed by atoms with van der Waals surface area (Å²) in [6, 6.07) is 0. The van der Waals surface area contributed by atoms with Crippen LogP contribution in [0.1, 0.15) is 6.92 Å². The monoisotopic (exact) mass is 185 g/mol. The van der Waals surface area contributed by atoms with E-state index in [2.05, 4.69) is 0 Å². The molecule has 1 aliphatic heterocycles. The Hall–Kier alpha value is 0.200. The van der Waals surface area contributed by atoms with Crippen LogP contribution in [0.4, 0.5) is 0 Å². The lowest BCUT2D eigenvalue weighted by atomic mass is 9.96. The van der Waals surface area contributed by atoms with Crippen LogP contribution in [0.15, 0.2) is 0 Å². The SMILES string of the molecule is CC1(CN)CS(=O)(=O)C1.Cl. The van der Waals surface area contributed by atoms with E-state index in [4.69, 9.17) is 5.73 Å². The predicted molar refractivity (Wildman–Crippen MR) is 43.1 cm³/mol. The van der Waals surface area contributed by atoms with Crippen LogP contribution in [0.3, 0.4) is 0 Å². The smallest absolute Gasteiger partial charge is 0.151 e. The zero-order valence-electron chi connectivity index (χ0n) is 5.83. The van der Waals surface area contributed by atoms with Gasteiger partial charge in [0.25, 0.3) is 0 Å². The summed E-state index contributed by atoms with van der Waals surface area (Å²) < 4.78 is 21.2. The second-order valence-corrected chi connectivity index (χ2v) is 5.11. The van der Waals surface area contributed by atoms with Gasteiger partial charge in [0.1, 0.15) is 0 Å². The van der Waals surface area contributed by atoms with Crippen LogP contribution < -0.4 is 5.73 Å². The maximum Gasteiger partial charge on any atom is 0.151 e. The molecule has 1 heterocycles. The van der Waals surface area contributed by atoms with Crippen molar-refractivity contribution in [3.8, 4) is 0 Å². The Morgan fingerprint density at radius 2 is 1.90 bits per heavy atom. The summed E-state index contributed by atoms with van der Waals surface area (Å²) in [5.74, 6) is 0.549. The van der Waals surface area contributed by atoms with Gasteiger partial charge in [0, 0.05) is 5.41 Å². The third kappa shape index (κ3) is 1.84. The van der Waals surface area contributed by atoms with Gasteiger partial charge in [-0.25, -0.2) is 8.42 Å². The number of halogens is 1. The first-order chi connectivity index (χ1) is 3.97. The molecule has 3 nitrogen and oxygen atoms in total. The van der Waals surface area contributed by atoms with Crippen molar-refractivity contribution in [2.24, 2.45) is 11.1 Å². The summed E-state index contributed by atoms with van der Waals surface area (Å²) >= 11 is 0. The van der Waals surface area contributed by atoms with Gasteiger partial charge < -0.3 is 5.73 Å². The highest BCUT2D eigenvalue weighted by atomic mass is 35.5. The fourth-order valence-electron chi connectivity index (χ4n) is 1.14. The highest BCUT2D eigenvalue weighted by Gasteiger charge is 2.43. The molecule has 0 unspecified atom stereocenters. The van der Waals surface area contributed by atoms with Crippen molar-refractivity contribution in [2.45, 2.75) is 6.92 Å². The van der Waals surface area contributed by atoms with E-state index < -0.39 is 9.84 Å². The molecule has 1 saturated heterocycles. The van der Waals surface area contributed by atoms with Crippen molar-refractivity contribution >= 4 is 22.2 Å². The molecule has 0 aliphatic carbocycles. The number of nitrogens with two attached hydrogens (primary N) is 1. The van der Waals surface area contributed by atoms with E-state index in [0.717, 1.165) is 0 Å². The third-order valence-electron chi connectivity index (χ3n) is 1.63. The number of sulfone groups is 1. The average molecular weight is 186 g/mol. The van der Waals surface area contributed by atoms with Crippen molar-refractivity contribution in [1.82, 2.24) is 0 Å². The average Bonchev–Trinajstić information content (AvgIpc) is 1.61. The lowest BCUT2D eigenvalue weighted by Crippen LogP contribution is -2.50. The number of hydrogen-bond donors (Lipinski definition) is 1. The molecule has 10 heavy (non-hydrogen) atoms. The van der Waals surface area contributed by atoms with E-state index in [0.29, 0.717) is 6.54 Å². The summed E-state index contributed by atoms with van der Waals surface area (Å²) in [7, 11) is -2.68. The van der Waals surface area contributed by atoms with Gasteiger partial charge in [-0.2, -0.15) is 0 Å². The van der Waals surface area contributed by atoms with Gasteiger partial charge in [-0.1, -0.05) is 6.92 Å². The normalized spacial score (nSPS) is 26.2. The minimum Gasteiger partial charge on any atom is -0.330 e. The van der Waals surface area contributed by atoms with Crippen LogP contribution in [0.2, 0.25) is 0 Å². The minimum absolute atomic E-state index is 0. The van der Waals surface area contributed by atoms with E-state index in [9.17, 15) is 8.42 Å². The van der Waals surface area contributed by atoms with Gasteiger partial charge in [0.2, 0.25) is 0 Å². The standard InChI is InChI=1S/C5H11NO2S.ClH/c1-5(2-6)3-9(7,8)4-5;/h2-4,6H2,1H3;1H. The second kappa shape index (κ2) is 2.68. The van der Waals surface area contributed by atoms with Crippen LogP contribution in [0.5, 0.6) is 0 Å². The van der Waals surface area contributed by atoms with Gasteiger partial charge in [-0.05, 0) is 6.54 Å². The summed E-state index contributed by atoms with van der Waals surface area (Å²) in [5, 5.41) is 0. The first-order valence-electron chi connectivity index (χ1n) is 2.88. The second-order valence-electron chi connectivity index (χ2n) is 3.05. The summed E-state index contributed by atoms with van der Waals surface area (Å²) in [5.41, 5.74) is 5.21. The van der Waals surface area contributed by atoms with Gasteiger partial charge >= 0.3 is 0 Å². The largest absolute Gasteiger partial charge is 0.330 e. The zero-order chi connectivity index (χ0) is 7.12. The molecule has 5 heteroatoms. The Balaban J connectivity index is 0.000000810. The topological polar surface area (TPSA) is 60.2 Å². The van der Waals surface area contributed by atoms with Crippen LogP contribution in [0, 0.1) is 5.41 Å². The molecular formula is C5H12ClNO2S. The van der Waals surface area contributed by atoms with Crippen LogP contribution >= 0.6 is 12.4 Å².